The smallest absolute Gasteiger partial charge is 0.187 e. The average molecular weight is 324 g/mol. The van der Waals surface area contributed by atoms with Crippen molar-refractivity contribution in [1.29, 1.82) is 0 Å². The Labute approximate surface area is 117 Å². The van der Waals surface area contributed by atoms with Gasteiger partial charge in [-0.2, -0.15) is 0 Å². The van der Waals surface area contributed by atoms with Gasteiger partial charge < -0.3 is 0 Å². The minimum Gasteiger partial charge on any atom is -0.292 e. The summed E-state index contributed by atoms with van der Waals surface area (Å²) in [6.07, 6.45) is 1.76. The Morgan fingerprint density at radius 1 is 1.16 bits per heavy atom. The SMILES string of the molecule is CCc1ccc(C(=O)CS(=O)(=O)CCS(C)(=O)=O)s1. The first-order valence-corrected chi connectivity index (χ1v) is 10.3. The second kappa shape index (κ2) is 6.15. The van der Waals surface area contributed by atoms with E-state index in [0.717, 1.165) is 17.6 Å². The van der Waals surface area contributed by atoms with Crippen LogP contribution in [0.4, 0.5) is 0 Å². The number of rotatable bonds is 7. The van der Waals surface area contributed by atoms with E-state index in [1.807, 2.05) is 6.92 Å². The standard InChI is InChI=1S/C11H16O5S3/c1-3-9-4-5-11(17-9)10(12)8-19(15,16)7-6-18(2,13)14/h4-5H,3,6-8H2,1-2H3. The molecule has 8 heteroatoms. The first-order chi connectivity index (χ1) is 8.63. The zero-order valence-corrected chi connectivity index (χ0v) is 13.2. The lowest BCUT2D eigenvalue weighted by Crippen LogP contribution is -2.23. The molecule has 0 amide bonds. The minimum absolute atomic E-state index is 0.403. The number of ketones is 1. The fourth-order valence-corrected chi connectivity index (χ4v) is 5.24. The highest BCUT2D eigenvalue weighted by Crippen LogP contribution is 2.18. The van der Waals surface area contributed by atoms with Crippen LogP contribution in [0.2, 0.25) is 0 Å². The monoisotopic (exact) mass is 324 g/mol. The van der Waals surface area contributed by atoms with Gasteiger partial charge in [-0.1, -0.05) is 6.92 Å². The van der Waals surface area contributed by atoms with Crippen molar-refractivity contribution in [3.8, 4) is 0 Å². The number of thiophene rings is 1. The molecule has 0 aliphatic rings. The van der Waals surface area contributed by atoms with Crippen molar-refractivity contribution in [2.75, 3.05) is 23.5 Å². The van der Waals surface area contributed by atoms with Crippen LogP contribution in [0.15, 0.2) is 12.1 Å². The summed E-state index contributed by atoms with van der Waals surface area (Å²) < 4.78 is 45.2. The lowest BCUT2D eigenvalue weighted by Gasteiger charge is -2.01. The Balaban J connectivity index is 2.70. The molecule has 0 atom stereocenters. The molecule has 0 aliphatic heterocycles. The Bertz CT molecular complexity index is 652. The number of carbonyl (C=O) groups excluding carboxylic acids is 1. The molecule has 19 heavy (non-hydrogen) atoms. The first-order valence-electron chi connectivity index (χ1n) is 5.63. The van der Waals surface area contributed by atoms with Crippen LogP contribution in [0.25, 0.3) is 0 Å². The van der Waals surface area contributed by atoms with Crippen LogP contribution in [-0.4, -0.2) is 46.1 Å². The summed E-state index contributed by atoms with van der Waals surface area (Å²) in [6.45, 7) is 1.95. The molecule has 0 aromatic carbocycles. The molecular formula is C11H16O5S3. The van der Waals surface area contributed by atoms with E-state index in [1.54, 1.807) is 12.1 Å². The zero-order valence-electron chi connectivity index (χ0n) is 10.7. The molecule has 0 aliphatic carbocycles. The molecule has 1 aromatic heterocycles. The van der Waals surface area contributed by atoms with Gasteiger partial charge in [-0.15, -0.1) is 11.3 Å². The third kappa shape index (κ3) is 5.84. The molecule has 108 valence electrons. The lowest BCUT2D eigenvalue weighted by molar-refractivity contribution is 0.102. The van der Waals surface area contributed by atoms with Gasteiger partial charge in [-0.3, -0.25) is 4.79 Å². The topological polar surface area (TPSA) is 85.3 Å². The van der Waals surface area contributed by atoms with E-state index in [9.17, 15) is 21.6 Å². The third-order valence-corrected chi connectivity index (χ3v) is 6.40. The highest BCUT2D eigenvalue weighted by molar-refractivity contribution is 7.95. The average Bonchev–Trinajstić information content (AvgIpc) is 2.74. The van der Waals surface area contributed by atoms with E-state index in [-0.39, 0.29) is 0 Å². The summed E-state index contributed by atoms with van der Waals surface area (Å²) in [5.41, 5.74) is 0. The predicted octanol–water partition coefficient (Wildman–Crippen LogP) is 0.953. The van der Waals surface area contributed by atoms with Crippen molar-refractivity contribution in [1.82, 2.24) is 0 Å². The van der Waals surface area contributed by atoms with Crippen molar-refractivity contribution >= 4 is 36.8 Å². The van der Waals surface area contributed by atoms with Gasteiger partial charge >= 0.3 is 0 Å². The second-order valence-electron chi connectivity index (χ2n) is 4.26. The van der Waals surface area contributed by atoms with E-state index in [2.05, 4.69) is 0 Å². The highest BCUT2D eigenvalue weighted by atomic mass is 32.2. The minimum atomic E-state index is -3.68. The number of aryl methyl sites for hydroxylation is 1. The Hall–Kier alpha value is -0.730. The maximum absolute atomic E-state index is 11.8. The predicted molar refractivity (Wildman–Crippen MR) is 76.4 cm³/mol. The fraction of sp³-hybridized carbons (Fsp3) is 0.545. The Kier molecular flexibility index (Phi) is 5.28. The van der Waals surface area contributed by atoms with Crippen molar-refractivity contribution < 1.29 is 21.6 Å². The summed E-state index contributed by atoms with van der Waals surface area (Å²) in [7, 11) is -7.03. The maximum atomic E-state index is 11.8. The number of carbonyl (C=O) groups is 1. The van der Waals surface area contributed by atoms with E-state index in [1.165, 1.54) is 11.3 Å². The molecular weight excluding hydrogens is 308 g/mol. The Morgan fingerprint density at radius 3 is 2.26 bits per heavy atom. The molecule has 0 radical (unpaired) electrons. The molecule has 1 rings (SSSR count). The van der Waals surface area contributed by atoms with E-state index in [4.69, 9.17) is 0 Å². The van der Waals surface area contributed by atoms with Crippen LogP contribution in [-0.2, 0) is 26.1 Å². The van der Waals surface area contributed by atoms with Crippen LogP contribution in [0, 0.1) is 0 Å². The maximum Gasteiger partial charge on any atom is 0.187 e. The summed E-state index contributed by atoms with van der Waals surface area (Å²) >= 11 is 1.27. The molecule has 0 spiro atoms. The number of hydrogen-bond donors (Lipinski definition) is 0. The zero-order chi connectivity index (χ0) is 14.7. The molecule has 5 nitrogen and oxygen atoms in total. The van der Waals surface area contributed by atoms with Crippen LogP contribution in [0.3, 0.4) is 0 Å². The molecule has 0 unspecified atom stereocenters. The van der Waals surface area contributed by atoms with E-state index in [0.29, 0.717) is 4.88 Å². The van der Waals surface area contributed by atoms with Crippen LogP contribution >= 0.6 is 11.3 Å². The van der Waals surface area contributed by atoms with Gasteiger partial charge in [0.2, 0.25) is 0 Å². The van der Waals surface area contributed by atoms with Crippen LogP contribution < -0.4 is 0 Å². The molecule has 1 aromatic rings. The number of Topliss-reactive ketones (excluding diaryl/α,β-unsaturated/α-hetero) is 1. The van der Waals surface area contributed by atoms with Gasteiger partial charge in [0.25, 0.3) is 0 Å². The van der Waals surface area contributed by atoms with Gasteiger partial charge in [-0.25, -0.2) is 16.8 Å². The van der Waals surface area contributed by atoms with Gasteiger partial charge in [0.1, 0.15) is 15.6 Å². The van der Waals surface area contributed by atoms with Gasteiger partial charge in [0, 0.05) is 11.1 Å². The molecule has 1 heterocycles. The van der Waals surface area contributed by atoms with E-state index >= 15 is 0 Å². The normalized spacial score (nSPS) is 12.5. The third-order valence-electron chi connectivity index (χ3n) is 2.40. The largest absolute Gasteiger partial charge is 0.292 e. The molecule has 0 bridgehead atoms. The van der Waals surface area contributed by atoms with Crippen molar-refractivity contribution in [3.05, 3.63) is 21.9 Å². The quantitative estimate of drug-likeness (QED) is 0.697. The molecule has 0 N–H and O–H groups in total. The molecule has 0 fully saturated rings. The van der Waals surface area contributed by atoms with Crippen molar-refractivity contribution in [2.24, 2.45) is 0 Å². The fourth-order valence-electron chi connectivity index (χ4n) is 1.34. The molecule has 0 saturated carbocycles. The molecule has 0 saturated heterocycles. The van der Waals surface area contributed by atoms with Crippen LogP contribution in [0.1, 0.15) is 21.5 Å². The van der Waals surface area contributed by atoms with Crippen molar-refractivity contribution in [3.63, 3.8) is 0 Å². The summed E-state index contributed by atoms with van der Waals surface area (Å²) in [5.74, 6) is -2.07. The highest BCUT2D eigenvalue weighted by Gasteiger charge is 2.21. The summed E-state index contributed by atoms with van der Waals surface area (Å²) in [6, 6.07) is 3.40. The second-order valence-corrected chi connectivity index (χ2v) is 9.88. The number of hydrogen-bond acceptors (Lipinski definition) is 6. The Morgan fingerprint density at radius 2 is 1.79 bits per heavy atom. The first kappa shape index (κ1) is 16.3. The van der Waals surface area contributed by atoms with E-state index < -0.39 is 42.7 Å². The van der Waals surface area contributed by atoms with Gasteiger partial charge in [-0.05, 0) is 18.6 Å². The van der Waals surface area contributed by atoms with Gasteiger partial charge in [0.15, 0.2) is 15.6 Å². The van der Waals surface area contributed by atoms with Crippen molar-refractivity contribution in [2.45, 2.75) is 13.3 Å². The van der Waals surface area contributed by atoms with Crippen LogP contribution in [0.5, 0.6) is 0 Å². The number of sulfone groups is 2. The lowest BCUT2D eigenvalue weighted by atomic mass is 10.3. The van der Waals surface area contributed by atoms with Gasteiger partial charge in [0.05, 0.1) is 16.4 Å². The summed E-state index contributed by atoms with van der Waals surface area (Å²) in [5, 5.41) is 0. The summed E-state index contributed by atoms with van der Waals surface area (Å²) in [4.78, 5) is 13.2.